The SMILES string of the molecule is C=CCC(O)CCCCc1nc2ccccc2o1. The summed E-state index contributed by atoms with van der Waals surface area (Å²) in [6, 6.07) is 7.79. The molecule has 0 aliphatic heterocycles. The predicted octanol–water partition coefficient (Wildman–Crippen LogP) is 3.48. The largest absolute Gasteiger partial charge is 0.441 e. The molecule has 1 unspecified atom stereocenters. The number of aliphatic hydroxyl groups excluding tert-OH is 1. The van der Waals surface area contributed by atoms with Crippen LogP contribution in [0.15, 0.2) is 41.3 Å². The molecule has 1 N–H and O–H groups in total. The summed E-state index contributed by atoms with van der Waals surface area (Å²) < 4.78 is 5.63. The number of hydrogen-bond donors (Lipinski definition) is 1. The van der Waals surface area contributed by atoms with E-state index in [0.29, 0.717) is 6.42 Å². The van der Waals surface area contributed by atoms with Gasteiger partial charge in [-0.3, -0.25) is 0 Å². The van der Waals surface area contributed by atoms with E-state index in [4.69, 9.17) is 4.42 Å². The molecule has 1 atom stereocenters. The number of aryl methyl sites for hydroxylation is 1. The van der Waals surface area contributed by atoms with Gasteiger partial charge in [0.1, 0.15) is 5.52 Å². The first-order valence-electron chi connectivity index (χ1n) is 6.43. The maximum Gasteiger partial charge on any atom is 0.195 e. The van der Waals surface area contributed by atoms with Gasteiger partial charge in [-0.05, 0) is 31.4 Å². The Bertz CT molecular complexity index is 471. The standard InChI is InChI=1S/C15H19NO2/c1-2-7-12(17)8-3-6-11-15-16-13-9-4-5-10-14(13)18-15/h2,4-5,9-10,12,17H,1,3,6-8,11H2. The molecule has 0 aliphatic rings. The maximum atomic E-state index is 9.55. The monoisotopic (exact) mass is 245 g/mol. The minimum Gasteiger partial charge on any atom is -0.441 e. The van der Waals surface area contributed by atoms with E-state index in [-0.39, 0.29) is 6.10 Å². The number of para-hydroxylation sites is 2. The molecule has 0 spiro atoms. The average molecular weight is 245 g/mol. The molecule has 1 heterocycles. The average Bonchev–Trinajstić information content (AvgIpc) is 2.77. The number of nitrogens with zero attached hydrogens (tertiary/aromatic N) is 1. The van der Waals surface area contributed by atoms with Crippen LogP contribution in [-0.4, -0.2) is 16.2 Å². The summed E-state index contributed by atoms with van der Waals surface area (Å²) in [6.07, 6.45) is 5.77. The number of hydrogen-bond acceptors (Lipinski definition) is 3. The van der Waals surface area contributed by atoms with Gasteiger partial charge in [0.2, 0.25) is 0 Å². The minimum atomic E-state index is -0.258. The second-order valence-corrected chi connectivity index (χ2v) is 4.50. The highest BCUT2D eigenvalue weighted by Gasteiger charge is 2.05. The van der Waals surface area contributed by atoms with Gasteiger partial charge in [-0.1, -0.05) is 24.6 Å². The van der Waals surface area contributed by atoms with Crippen LogP contribution in [-0.2, 0) is 6.42 Å². The number of benzene rings is 1. The van der Waals surface area contributed by atoms with E-state index in [0.717, 1.165) is 42.7 Å². The number of aromatic nitrogens is 1. The zero-order chi connectivity index (χ0) is 12.8. The van der Waals surface area contributed by atoms with Crippen LogP contribution in [0, 0.1) is 0 Å². The summed E-state index contributed by atoms with van der Waals surface area (Å²) in [6.45, 7) is 3.62. The number of fused-ring (bicyclic) bond motifs is 1. The van der Waals surface area contributed by atoms with Crippen molar-refractivity contribution in [3.05, 3.63) is 42.8 Å². The van der Waals surface area contributed by atoms with Crippen molar-refractivity contribution in [3.63, 3.8) is 0 Å². The highest BCUT2D eigenvalue weighted by molar-refractivity contribution is 5.72. The summed E-state index contributed by atoms with van der Waals surface area (Å²) in [7, 11) is 0. The fraction of sp³-hybridized carbons (Fsp3) is 0.400. The molecule has 1 aromatic heterocycles. The Morgan fingerprint density at radius 3 is 2.94 bits per heavy atom. The number of rotatable bonds is 7. The molecule has 0 fully saturated rings. The summed E-state index contributed by atoms with van der Waals surface area (Å²) in [5.74, 6) is 0.786. The molecule has 1 aromatic carbocycles. The molecule has 0 radical (unpaired) electrons. The highest BCUT2D eigenvalue weighted by atomic mass is 16.3. The van der Waals surface area contributed by atoms with Gasteiger partial charge >= 0.3 is 0 Å². The van der Waals surface area contributed by atoms with Crippen molar-refractivity contribution >= 4 is 11.1 Å². The number of aliphatic hydroxyl groups is 1. The van der Waals surface area contributed by atoms with Gasteiger partial charge in [0.15, 0.2) is 11.5 Å². The Kier molecular flexibility index (Phi) is 4.53. The van der Waals surface area contributed by atoms with Crippen LogP contribution < -0.4 is 0 Å². The van der Waals surface area contributed by atoms with Crippen molar-refractivity contribution in [1.82, 2.24) is 4.98 Å². The molecule has 0 amide bonds. The first kappa shape index (κ1) is 12.8. The first-order chi connectivity index (χ1) is 8.79. The van der Waals surface area contributed by atoms with E-state index in [1.807, 2.05) is 24.3 Å². The van der Waals surface area contributed by atoms with Crippen LogP contribution >= 0.6 is 0 Å². The summed E-state index contributed by atoms with van der Waals surface area (Å²) in [5.41, 5.74) is 1.76. The molecular weight excluding hydrogens is 226 g/mol. The predicted molar refractivity (Wildman–Crippen MR) is 72.4 cm³/mol. The molecule has 0 saturated carbocycles. The summed E-state index contributed by atoms with van der Waals surface area (Å²) >= 11 is 0. The van der Waals surface area contributed by atoms with Gasteiger partial charge in [-0.25, -0.2) is 4.98 Å². The summed E-state index contributed by atoms with van der Waals surface area (Å²) in [5, 5.41) is 9.55. The van der Waals surface area contributed by atoms with Gasteiger partial charge in [-0.2, -0.15) is 0 Å². The van der Waals surface area contributed by atoms with Crippen LogP contribution in [0.5, 0.6) is 0 Å². The Morgan fingerprint density at radius 2 is 2.17 bits per heavy atom. The zero-order valence-corrected chi connectivity index (χ0v) is 10.5. The highest BCUT2D eigenvalue weighted by Crippen LogP contribution is 2.16. The third-order valence-electron chi connectivity index (χ3n) is 2.95. The Hall–Kier alpha value is -1.61. The lowest BCUT2D eigenvalue weighted by Crippen LogP contribution is -2.04. The Labute approximate surface area is 107 Å². The van der Waals surface area contributed by atoms with E-state index >= 15 is 0 Å². The quantitative estimate of drug-likeness (QED) is 0.600. The summed E-state index contributed by atoms with van der Waals surface area (Å²) in [4.78, 5) is 4.42. The lowest BCUT2D eigenvalue weighted by atomic mass is 10.1. The molecular formula is C15H19NO2. The molecule has 96 valence electrons. The van der Waals surface area contributed by atoms with E-state index in [1.165, 1.54) is 0 Å². The Balaban J connectivity index is 1.78. The smallest absolute Gasteiger partial charge is 0.195 e. The van der Waals surface area contributed by atoms with Crippen molar-refractivity contribution in [2.45, 2.75) is 38.2 Å². The van der Waals surface area contributed by atoms with Gasteiger partial charge in [-0.15, -0.1) is 6.58 Å². The molecule has 2 rings (SSSR count). The third-order valence-corrected chi connectivity index (χ3v) is 2.95. The molecule has 0 bridgehead atoms. The van der Waals surface area contributed by atoms with Gasteiger partial charge in [0, 0.05) is 6.42 Å². The minimum absolute atomic E-state index is 0.258. The Morgan fingerprint density at radius 1 is 1.33 bits per heavy atom. The van der Waals surface area contributed by atoms with Crippen LogP contribution in [0.3, 0.4) is 0 Å². The van der Waals surface area contributed by atoms with E-state index in [9.17, 15) is 5.11 Å². The van der Waals surface area contributed by atoms with Crippen molar-refractivity contribution in [1.29, 1.82) is 0 Å². The van der Waals surface area contributed by atoms with Crippen molar-refractivity contribution in [2.75, 3.05) is 0 Å². The van der Waals surface area contributed by atoms with E-state index in [1.54, 1.807) is 6.08 Å². The zero-order valence-electron chi connectivity index (χ0n) is 10.5. The third kappa shape index (κ3) is 3.44. The van der Waals surface area contributed by atoms with Crippen LogP contribution in [0.4, 0.5) is 0 Å². The molecule has 0 aliphatic carbocycles. The second kappa shape index (κ2) is 6.36. The molecule has 2 aromatic rings. The van der Waals surface area contributed by atoms with Crippen LogP contribution in [0.2, 0.25) is 0 Å². The first-order valence-corrected chi connectivity index (χ1v) is 6.43. The van der Waals surface area contributed by atoms with E-state index < -0.39 is 0 Å². The lowest BCUT2D eigenvalue weighted by molar-refractivity contribution is 0.164. The fourth-order valence-electron chi connectivity index (χ4n) is 1.99. The van der Waals surface area contributed by atoms with Crippen LogP contribution in [0.25, 0.3) is 11.1 Å². The fourth-order valence-corrected chi connectivity index (χ4v) is 1.99. The van der Waals surface area contributed by atoms with Gasteiger partial charge in [0.05, 0.1) is 6.10 Å². The molecule has 18 heavy (non-hydrogen) atoms. The molecule has 3 nitrogen and oxygen atoms in total. The van der Waals surface area contributed by atoms with Gasteiger partial charge in [0.25, 0.3) is 0 Å². The number of unbranched alkanes of at least 4 members (excludes halogenated alkanes) is 1. The normalized spacial score (nSPS) is 12.7. The maximum absolute atomic E-state index is 9.55. The number of oxazole rings is 1. The van der Waals surface area contributed by atoms with Crippen molar-refractivity contribution in [2.24, 2.45) is 0 Å². The molecule has 0 saturated heterocycles. The van der Waals surface area contributed by atoms with E-state index in [2.05, 4.69) is 11.6 Å². The van der Waals surface area contributed by atoms with Crippen molar-refractivity contribution in [3.8, 4) is 0 Å². The molecule has 3 heteroatoms. The van der Waals surface area contributed by atoms with Crippen molar-refractivity contribution < 1.29 is 9.52 Å². The van der Waals surface area contributed by atoms with Crippen LogP contribution in [0.1, 0.15) is 31.6 Å². The second-order valence-electron chi connectivity index (χ2n) is 4.50. The topological polar surface area (TPSA) is 46.3 Å². The van der Waals surface area contributed by atoms with Gasteiger partial charge < -0.3 is 9.52 Å². The lowest BCUT2D eigenvalue weighted by Gasteiger charge is -2.06.